The Morgan fingerprint density at radius 3 is 2.75 bits per heavy atom. The van der Waals surface area contributed by atoms with Gasteiger partial charge in [0.1, 0.15) is 11.5 Å². The van der Waals surface area contributed by atoms with Gasteiger partial charge < -0.3 is 10.1 Å². The topological polar surface area (TPSA) is 21.3 Å². The lowest BCUT2D eigenvalue weighted by Gasteiger charge is -2.13. The van der Waals surface area contributed by atoms with Gasteiger partial charge in [-0.1, -0.05) is 41.1 Å². The second kappa shape index (κ2) is 7.46. The molecule has 0 aliphatic rings. The van der Waals surface area contributed by atoms with E-state index in [0.29, 0.717) is 0 Å². The average molecular weight is 334 g/mol. The number of rotatable bonds is 6. The van der Waals surface area contributed by atoms with Gasteiger partial charge in [-0.25, -0.2) is 0 Å². The van der Waals surface area contributed by atoms with E-state index in [1.165, 1.54) is 11.1 Å². The van der Waals surface area contributed by atoms with E-state index < -0.39 is 0 Å². The molecule has 0 aromatic heterocycles. The van der Waals surface area contributed by atoms with Crippen LogP contribution in [-0.2, 0) is 6.54 Å². The summed E-state index contributed by atoms with van der Waals surface area (Å²) in [4.78, 5) is 0. The van der Waals surface area contributed by atoms with E-state index in [4.69, 9.17) is 4.74 Å². The van der Waals surface area contributed by atoms with Crippen molar-refractivity contribution < 1.29 is 4.74 Å². The number of hydrogen-bond donors (Lipinski definition) is 1. The van der Waals surface area contributed by atoms with Crippen molar-refractivity contribution in [2.75, 3.05) is 6.54 Å². The smallest absolute Gasteiger partial charge is 0.133 e. The van der Waals surface area contributed by atoms with Crippen LogP contribution in [0.1, 0.15) is 24.5 Å². The number of hydrogen-bond acceptors (Lipinski definition) is 2. The third kappa shape index (κ3) is 4.36. The lowest BCUT2D eigenvalue weighted by atomic mass is 10.2. The summed E-state index contributed by atoms with van der Waals surface area (Å²) < 4.78 is 7.06. The predicted octanol–water partition coefficient (Wildman–Crippen LogP) is 5.05. The van der Waals surface area contributed by atoms with E-state index in [1.54, 1.807) is 0 Å². The molecule has 1 N–H and O–H groups in total. The molecule has 0 unspecified atom stereocenters. The molecule has 3 heteroatoms. The highest BCUT2D eigenvalue weighted by Crippen LogP contribution is 2.29. The van der Waals surface area contributed by atoms with Crippen LogP contribution in [0, 0.1) is 6.92 Å². The lowest BCUT2D eigenvalue weighted by Crippen LogP contribution is -2.14. The first kappa shape index (κ1) is 15.1. The van der Waals surface area contributed by atoms with Crippen molar-refractivity contribution in [3.63, 3.8) is 0 Å². The average Bonchev–Trinajstić information content (AvgIpc) is 2.41. The largest absolute Gasteiger partial charge is 0.457 e. The highest BCUT2D eigenvalue weighted by atomic mass is 79.9. The quantitative estimate of drug-likeness (QED) is 0.747. The molecular formula is C17H20BrNO. The fourth-order valence-electron chi connectivity index (χ4n) is 1.98. The first-order chi connectivity index (χ1) is 9.69. The SMILES string of the molecule is CCCNCc1ccc(Br)cc1Oc1cccc(C)c1. The molecule has 0 atom stereocenters. The van der Waals surface area contributed by atoms with Crippen LogP contribution < -0.4 is 10.1 Å². The van der Waals surface area contributed by atoms with Gasteiger partial charge in [-0.2, -0.15) is 0 Å². The molecule has 20 heavy (non-hydrogen) atoms. The second-order valence-corrected chi connectivity index (χ2v) is 5.76. The van der Waals surface area contributed by atoms with E-state index in [0.717, 1.165) is 35.5 Å². The van der Waals surface area contributed by atoms with Gasteiger partial charge in [-0.3, -0.25) is 0 Å². The van der Waals surface area contributed by atoms with Crippen LogP contribution in [0.25, 0.3) is 0 Å². The molecular weight excluding hydrogens is 314 g/mol. The van der Waals surface area contributed by atoms with Gasteiger partial charge in [0.15, 0.2) is 0 Å². The predicted molar refractivity (Wildman–Crippen MR) is 87.4 cm³/mol. The van der Waals surface area contributed by atoms with Gasteiger partial charge in [0.25, 0.3) is 0 Å². The molecule has 2 nitrogen and oxygen atoms in total. The van der Waals surface area contributed by atoms with Crippen molar-refractivity contribution in [2.45, 2.75) is 26.8 Å². The Bertz CT molecular complexity index is 569. The van der Waals surface area contributed by atoms with Crippen molar-refractivity contribution >= 4 is 15.9 Å². The van der Waals surface area contributed by atoms with Gasteiger partial charge in [0.2, 0.25) is 0 Å². The van der Waals surface area contributed by atoms with Crippen LogP contribution in [0.2, 0.25) is 0 Å². The van der Waals surface area contributed by atoms with Crippen LogP contribution in [0.15, 0.2) is 46.9 Å². The van der Waals surface area contributed by atoms with Crippen molar-refractivity contribution in [3.8, 4) is 11.5 Å². The summed E-state index contributed by atoms with van der Waals surface area (Å²) in [6.45, 7) is 6.07. The number of halogens is 1. The minimum absolute atomic E-state index is 0.822. The zero-order valence-corrected chi connectivity index (χ0v) is 13.5. The summed E-state index contributed by atoms with van der Waals surface area (Å²) in [6, 6.07) is 14.3. The maximum atomic E-state index is 6.03. The van der Waals surface area contributed by atoms with Gasteiger partial charge in [0.05, 0.1) is 0 Å². The zero-order valence-electron chi connectivity index (χ0n) is 11.9. The van der Waals surface area contributed by atoms with Crippen LogP contribution in [0.5, 0.6) is 11.5 Å². The second-order valence-electron chi connectivity index (χ2n) is 4.85. The van der Waals surface area contributed by atoms with Crippen molar-refractivity contribution in [3.05, 3.63) is 58.1 Å². The zero-order chi connectivity index (χ0) is 14.4. The minimum atomic E-state index is 0.822. The van der Waals surface area contributed by atoms with E-state index in [2.05, 4.69) is 47.2 Å². The van der Waals surface area contributed by atoms with Crippen LogP contribution in [0.4, 0.5) is 0 Å². The first-order valence-electron chi connectivity index (χ1n) is 6.92. The molecule has 2 aromatic carbocycles. The highest BCUT2D eigenvalue weighted by Gasteiger charge is 2.06. The van der Waals surface area contributed by atoms with E-state index in [9.17, 15) is 0 Å². The van der Waals surface area contributed by atoms with Crippen LogP contribution >= 0.6 is 15.9 Å². The number of ether oxygens (including phenoxy) is 1. The van der Waals surface area contributed by atoms with Gasteiger partial charge in [-0.15, -0.1) is 0 Å². The maximum Gasteiger partial charge on any atom is 0.133 e. The van der Waals surface area contributed by atoms with Crippen molar-refractivity contribution in [1.82, 2.24) is 5.32 Å². The Morgan fingerprint density at radius 2 is 2.00 bits per heavy atom. The Hall–Kier alpha value is -1.32. The van der Waals surface area contributed by atoms with E-state index >= 15 is 0 Å². The van der Waals surface area contributed by atoms with Gasteiger partial charge in [0, 0.05) is 16.6 Å². The van der Waals surface area contributed by atoms with Crippen molar-refractivity contribution in [2.24, 2.45) is 0 Å². The molecule has 0 aliphatic carbocycles. The fourth-order valence-corrected chi connectivity index (χ4v) is 2.32. The third-order valence-corrected chi connectivity index (χ3v) is 3.48. The molecule has 0 radical (unpaired) electrons. The number of aryl methyl sites for hydroxylation is 1. The molecule has 0 bridgehead atoms. The maximum absolute atomic E-state index is 6.03. The van der Waals surface area contributed by atoms with E-state index in [1.807, 2.05) is 30.3 Å². The van der Waals surface area contributed by atoms with E-state index in [-0.39, 0.29) is 0 Å². The molecule has 0 saturated carbocycles. The molecule has 2 aromatic rings. The Morgan fingerprint density at radius 1 is 1.15 bits per heavy atom. The Kier molecular flexibility index (Phi) is 5.62. The number of benzene rings is 2. The standard InChI is InChI=1S/C17H20BrNO/c1-3-9-19-12-14-7-8-15(18)11-17(14)20-16-6-4-5-13(2)10-16/h4-8,10-11,19H,3,9,12H2,1-2H3. The summed E-state index contributed by atoms with van der Waals surface area (Å²) in [7, 11) is 0. The summed E-state index contributed by atoms with van der Waals surface area (Å²) >= 11 is 3.51. The highest BCUT2D eigenvalue weighted by molar-refractivity contribution is 9.10. The minimum Gasteiger partial charge on any atom is -0.457 e. The number of nitrogens with one attached hydrogen (secondary N) is 1. The Labute approximate surface area is 129 Å². The first-order valence-corrected chi connectivity index (χ1v) is 7.72. The molecule has 0 heterocycles. The summed E-state index contributed by atoms with van der Waals surface area (Å²) in [5.41, 5.74) is 2.37. The Balaban J connectivity index is 2.18. The third-order valence-electron chi connectivity index (χ3n) is 2.99. The molecule has 0 spiro atoms. The molecule has 106 valence electrons. The summed E-state index contributed by atoms with van der Waals surface area (Å²) in [5, 5.41) is 3.41. The summed E-state index contributed by atoms with van der Waals surface area (Å²) in [6.07, 6.45) is 1.13. The van der Waals surface area contributed by atoms with Crippen LogP contribution in [0.3, 0.4) is 0 Å². The van der Waals surface area contributed by atoms with Gasteiger partial charge in [-0.05, 0) is 49.7 Å². The summed E-state index contributed by atoms with van der Waals surface area (Å²) in [5.74, 6) is 1.77. The normalized spacial score (nSPS) is 10.6. The van der Waals surface area contributed by atoms with Crippen molar-refractivity contribution in [1.29, 1.82) is 0 Å². The fraction of sp³-hybridized carbons (Fsp3) is 0.294. The molecule has 0 fully saturated rings. The lowest BCUT2D eigenvalue weighted by molar-refractivity contribution is 0.472. The molecule has 2 rings (SSSR count). The molecule has 0 amide bonds. The van der Waals surface area contributed by atoms with Gasteiger partial charge >= 0.3 is 0 Å². The monoisotopic (exact) mass is 333 g/mol. The molecule has 0 saturated heterocycles. The van der Waals surface area contributed by atoms with Crippen LogP contribution in [-0.4, -0.2) is 6.54 Å². The molecule has 0 aliphatic heterocycles.